The van der Waals surface area contributed by atoms with Crippen LogP contribution in [0.4, 0.5) is 0 Å². The van der Waals surface area contributed by atoms with Gasteiger partial charge in [0.15, 0.2) is 0 Å². The van der Waals surface area contributed by atoms with Crippen LogP contribution in [0.15, 0.2) is 30.3 Å². The van der Waals surface area contributed by atoms with E-state index < -0.39 is 0 Å². The summed E-state index contributed by atoms with van der Waals surface area (Å²) in [7, 11) is 4.04. The van der Waals surface area contributed by atoms with E-state index in [-0.39, 0.29) is 5.91 Å². The average molecular weight is 345 g/mol. The summed E-state index contributed by atoms with van der Waals surface area (Å²) in [6.45, 7) is 9.02. The number of likely N-dealkylation sites (N-methyl/N-ethyl adjacent to an activating group) is 2. The van der Waals surface area contributed by atoms with Crippen molar-refractivity contribution in [2.75, 3.05) is 60.0 Å². The molecule has 138 valence electrons. The normalized spacial score (nSPS) is 16.3. The first-order valence-corrected chi connectivity index (χ1v) is 9.15. The third-order valence-corrected chi connectivity index (χ3v) is 4.55. The number of hydrogen-bond donors (Lipinski definition) is 0. The molecule has 0 aliphatic carbocycles. The van der Waals surface area contributed by atoms with Crippen LogP contribution in [-0.2, 0) is 4.79 Å². The number of carbonyl (C=O) groups is 1. The summed E-state index contributed by atoms with van der Waals surface area (Å²) in [6.07, 6.45) is 4.52. The van der Waals surface area contributed by atoms with Crippen molar-refractivity contribution in [1.29, 1.82) is 0 Å². The van der Waals surface area contributed by atoms with Crippen LogP contribution in [0.25, 0.3) is 6.08 Å². The van der Waals surface area contributed by atoms with E-state index in [1.807, 2.05) is 44.3 Å². The van der Waals surface area contributed by atoms with Gasteiger partial charge in [0.1, 0.15) is 5.75 Å². The molecule has 0 bridgehead atoms. The summed E-state index contributed by atoms with van der Waals surface area (Å²) in [4.78, 5) is 18.8. The van der Waals surface area contributed by atoms with Gasteiger partial charge >= 0.3 is 0 Å². The van der Waals surface area contributed by atoms with Crippen molar-refractivity contribution in [2.24, 2.45) is 0 Å². The highest BCUT2D eigenvalue weighted by Crippen LogP contribution is 2.13. The van der Waals surface area contributed by atoms with E-state index in [0.29, 0.717) is 6.61 Å². The summed E-state index contributed by atoms with van der Waals surface area (Å²) >= 11 is 0. The van der Waals surface area contributed by atoms with E-state index in [2.05, 4.69) is 16.8 Å². The summed E-state index contributed by atoms with van der Waals surface area (Å²) < 4.78 is 5.42. The van der Waals surface area contributed by atoms with Gasteiger partial charge in [-0.05, 0) is 50.7 Å². The lowest BCUT2D eigenvalue weighted by Gasteiger charge is -2.32. The molecule has 0 N–H and O–H groups in total. The number of ether oxygens (including phenoxy) is 1. The maximum atomic E-state index is 12.2. The van der Waals surface area contributed by atoms with Crippen LogP contribution in [-0.4, -0.2) is 80.6 Å². The Kier molecular flexibility index (Phi) is 7.95. The third kappa shape index (κ3) is 6.88. The fraction of sp³-hybridized carbons (Fsp3) is 0.550. The van der Waals surface area contributed by atoms with Crippen molar-refractivity contribution in [3.8, 4) is 5.75 Å². The summed E-state index contributed by atoms with van der Waals surface area (Å²) in [5.41, 5.74) is 1.00. The molecule has 0 saturated carbocycles. The number of carbonyl (C=O) groups excluding carboxylic acids is 1. The van der Waals surface area contributed by atoms with Crippen molar-refractivity contribution in [1.82, 2.24) is 14.7 Å². The lowest BCUT2D eigenvalue weighted by Crippen LogP contribution is -2.45. The Balaban J connectivity index is 1.70. The van der Waals surface area contributed by atoms with Gasteiger partial charge in [-0.15, -0.1) is 0 Å². The molecular weight excluding hydrogens is 314 g/mol. The second-order valence-electron chi connectivity index (χ2n) is 6.59. The second-order valence-corrected chi connectivity index (χ2v) is 6.59. The van der Waals surface area contributed by atoms with Crippen LogP contribution in [0.3, 0.4) is 0 Å². The molecule has 1 aromatic carbocycles. The SMILES string of the molecule is CCOc1ccc(/C=C\C(=O)N(C)CCCN2CCN(C)CC2)cc1. The van der Waals surface area contributed by atoms with E-state index in [1.54, 1.807) is 11.0 Å². The Labute approximate surface area is 151 Å². The van der Waals surface area contributed by atoms with E-state index >= 15 is 0 Å². The molecule has 1 aliphatic rings. The van der Waals surface area contributed by atoms with Crippen molar-refractivity contribution >= 4 is 12.0 Å². The zero-order valence-corrected chi connectivity index (χ0v) is 15.8. The first kappa shape index (κ1) is 19.5. The largest absolute Gasteiger partial charge is 0.494 e. The molecule has 5 nitrogen and oxygen atoms in total. The molecule has 0 spiro atoms. The van der Waals surface area contributed by atoms with E-state index in [9.17, 15) is 4.79 Å². The molecule has 5 heteroatoms. The topological polar surface area (TPSA) is 36.0 Å². The van der Waals surface area contributed by atoms with Gasteiger partial charge in [0.2, 0.25) is 5.91 Å². The van der Waals surface area contributed by atoms with Crippen molar-refractivity contribution in [2.45, 2.75) is 13.3 Å². The number of piperazine rings is 1. The summed E-state index contributed by atoms with van der Waals surface area (Å²) in [5.74, 6) is 0.902. The van der Waals surface area contributed by atoms with Crippen LogP contribution >= 0.6 is 0 Å². The lowest BCUT2D eigenvalue weighted by atomic mass is 10.2. The maximum absolute atomic E-state index is 12.2. The van der Waals surface area contributed by atoms with Gasteiger partial charge in [-0.1, -0.05) is 12.1 Å². The molecule has 2 rings (SSSR count). The fourth-order valence-corrected chi connectivity index (χ4v) is 2.85. The molecule has 1 fully saturated rings. The van der Waals surface area contributed by atoms with Gasteiger partial charge in [0.05, 0.1) is 6.61 Å². The van der Waals surface area contributed by atoms with Crippen LogP contribution in [0.1, 0.15) is 18.9 Å². The monoisotopic (exact) mass is 345 g/mol. The molecule has 25 heavy (non-hydrogen) atoms. The molecular formula is C20H31N3O2. The number of benzene rings is 1. The zero-order valence-electron chi connectivity index (χ0n) is 15.8. The van der Waals surface area contributed by atoms with Gasteiger partial charge in [0.25, 0.3) is 0 Å². The van der Waals surface area contributed by atoms with Gasteiger partial charge < -0.3 is 19.4 Å². The first-order chi connectivity index (χ1) is 12.1. The summed E-state index contributed by atoms with van der Waals surface area (Å²) in [5, 5.41) is 0. The van der Waals surface area contributed by atoms with Gasteiger partial charge in [-0.3, -0.25) is 4.79 Å². The maximum Gasteiger partial charge on any atom is 0.246 e. The zero-order chi connectivity index (χ0) is 18.1. The van der Waals surface area contributed by atoms with Crippen molar-refractivity contribution in [3.05, 3.63) is 35.9 Å². The second kappa shape index (κ2) is 10.2. The Bertz CT molecular complexity index is 549. The first-order valence-electron chi connectivity index (χ1n) is 9.15. The Morgan fingerprint density at radius 1 is 1.20 bits per heavy atom. The predicted molar refractivity (Wildman–Crippen MR) is 103 cm³/mol. The number of hydrogen-bond acceptors (Lipinski definition) is 4. The Hall–Kier alpha value is -1.85. The van der Waals surface area contributed by atoms with Crippen LogP contribution in [0, 0.1) is 0 Å². The molecule has 0 unspecified atom stereocenters. The Morgan fingerprint density at radius 2 is 1.88 bits per heavy atom. The van der Waals surface area contributed by atoms with E-state index in [1.165, 1.54) is 0 Å². The molecule has 1 aromatic rings. The van der Waals surface area contributed by atoms with Crippen LogP contribution < -0.4 is 4.74 Å². The molecule has 0 atom stereocenters. The number of nitrogens with zero attached hydrogens (tertiary/aromatic N) is 3. The molecule has 1 heterocycles. The van der Waals surface area contributed by atoms with Crippen LogP contribution in [0.5, 0.6) is 5.75 Å². The van der Waals surface area contributed by atoms with Gasteiger partial charge in [-0.25, -0.2) is 0 Å². The predicted octanol–water partition coefficient (Wildman–Crippen LogP) is 2.19. The third-order valence-electron chi connectivity index (χ3n) is 4.55. The Morgan fingerprint density at radius 3 is 2.52 bits per heavy atom. The molecule has 1 amide bonds. The van der Waals surface area contributed by atoms with Crippen molar-refractivity contribution in [3.63, 3.8) is 0 Å². The lowest BCUT2D eigenvalue weighted by molar-refractivity contribution is -0.124. The highest BCUT2D eigenvalue weighted by molar-refractivity contribution is 5.91. The smallest absolute Gasteiger partial charge is 0.246 e. The van der Waals surface area contributed by atoms with Gasteiger partial charge in [0, 0.05) is 45.8 Å². The molecule has 0 aromatic heterocycles. The van der Waals surface area contributed by atoms with Crippen molar-refractivity contribution < 1.29 is 9.53 Å². The van der Waals surface area contributed by atoms with Gasteiger partial charge in [-0.2, -0.15) is 0 Å². The highest BCUT2D eigenvalue weighted by Gasteiger charge is 2.13. The van der Waals surface area contributed by atoms with E-state index in [4.69, 9.17) is 4.74 Å². The quantitative estimate of drug-likeness (QED) is 0.677. The molecule has 1 aliphatic heterocycles. The standard InChI is InChI=1S/C20H31N3O2/c1-4-25-19-9-6-18(7-10-19)8-11-20(24)22(3)12-5-13-23-16-14-21(2)15-17-23/h6-11H,4-5,12-17H2,1-3H3/b11-8-. The minimum atomic E-state index is 0.0484. The van der Waals surface area contributed by atoms with Crippen LogP contribution in [0.2, 0.25) is 0 Å². The van der Waals surface area contributed by atoms with E-state index in [0.717, 1.165) is 57.0 Å². The molecule has 0 radical (unpaired) electrons. The minimum absolute atomic E-state index is 0.0484. The summed E-state index contributed by atoms with van der Waals surface area (Å²) in [6, 6.07) is 7.77. The number of amides is 1. The molecule has 1 saturated heterocycles. The highest BCUT2D eigenvalue weighted by atomic mass is 16.5. The fourth-order valence-electron chi connectivity index (χ4n) is 2.85. The number of rotatable bonds is 8. The average Bonchev–Trinajstić information content (AvgIpc) is 2.62. The minimum Gasteiger partial charge on any atom is -0.494 e.